The molecule has 0 aliphatic rings. The lowest BCUT2D eigenvalue weighted by atomic mass is 9.95. The predicted molar refractivity (Wildman–Crippen MR) is 89.9 cm³/mol. The van der Waals surface area contributed by atoms with Crippen LogP contribution in [0.15, 0.2) is 36.4 Å². The van der Waals surface area contributed by atoms with E-state index in [4.69, 9.17) is 23.2 Å². The third kappa shape index (κ3) is 3.98. The van der Waals surface area contributed by atoms with Crippen molar-refractivity contribution in [2.75, 3.05) is 0 Å². The van der Waals surface area contributed by atoms with E-state index in [9.17, 15) is 0 Å². The Labute approximate surface area is 134 Å². The van der Waals surface area contributed by atoms with Crippen molar-refractivity contribution in [1.82, 2.24) is 5.32 Å². The van der Waals surface area contributed by atoms with Crippen molar-refractivity contribution < 1.29 is 0 Å². The first-order valence-corrected chi connectivity index (χ1v) is 8.31. The van der Waals surface area contributed by atoms with Gasteiger partial charge in [-0.2, -0.15) is 0 Å². The van der Waals surface area contributed by atoms with Crippen LogP contribution in [0.2, 0.25) is 9.36 Å². The maximum atomic E-state index is 6.01. The Bertz CT molecular complexity index is 548. The van der Waals surface area contributed by atoms with Crippen LogP contribution in [0.1, 0.15) is 43.3 Å². The highest BCUT2D eigenvalue weighted by atomic mass is 35.5. The van der Waals surface area contributed by atoms with Crippen LogP contribution in [0.4, 0.5) is 0 Å². The normalized spacial score (nSPS) is 14.5. The zero-order chi connectivity index (χ0) is 14.7. The Hall–Kier alpha value is -0.540. The molecule has 0 bridgehead atoms. The summed E-state index contributed by atoms with van der Waals surface area (Å²) in [6.45, 7) is 6.62. The van der Waals surface area contributed by atoms with Gasteiger partial charge in [-0.15, -0.1) is 11.3 Å². The van der Waals surface area contributed by atoms with E-state index in [1.54, 1.807) is 11.3 Å². The number of halogens is 2. The zero-order valence-electron chi connectivity index (χ0n) is 11.9. The van der Waals surface area contributed by atoms with Crippen molar-refractivity contribution in [2.45, 2.75) is 32.9 Å². The Kier molecular flexibility index (Phi) is 5.50. The number of hydrogen-bond donors (Lipinski definition) is 1. The SMILES string of the molecule is CC(NC(c1ccc(Cl)cc1)C(C)C)c1ccc(Cl)s1. The number of benzene rings is 1. The molecule has 0 fully saturated rings. The summed E-state index contributed by atoms with van der Waals surface area (Å²) < 4.78 is 0.834. The second kappa shape index (κ2) is 6.95. The molecule has 0 saturated heterocycles. The molecule has 4 heteroatoms. The second-order valence-corrected chi connectivity index (χ2v) is 7.49. The molecule has 0 spiro atoms. The molecule has 0 amide bonds. The molecular formula is C16H19Cl2NS. The number of rotatable bonds is 5. The lowest BCUT2D eigenvalue weighted by molar-refractivity contribution is 0.377. The molecule has 2 unspecified atom stereocenters. The highest BCUT2D eigenvalue weighted by molar-refractivity contribution is 7.16. The van der Waals surface area contributed by atoms with Crippen LogP contribution in [0.5, 0.6) is 0 Å². The molecule has 0 saturated carbocycles. The van der Waals surface area contributed by atoms with Gasteiger partial charge in [-0.3, -0.25) is 0 Å². The quantitative estimate of drug-likeness (QED) is 0.699. The summed E-state index contributed by atoms with van der Waals surface area (Å²) in [5.41, 5.74) is 1.26. The molecule has 2 rings (SSSR count). The van der Waals surface area contributed by atoms with Crippen molar-refractivity contribution in [3.8, 4) is 0 Å². The minimum absolute atomic E-state index is 0.274. The third-order valence-corrected chi connectivity index (χ3v) is 5.01. The highest BCUT2D eigenvalue weighted by Crippen LogP contribution is 2.31. The maximum Gasteiger partial charge on any atom is 0.0931 e. The van der Waals surface area contributed by atoms with Crippen molar-refractivity contribution >= 4 is 34.5 Å². The molecule has 1 nitrogen and oxygen atoms in total. The smallest absolute Gasteiger partial charge is 0.0931 e. The zero-order valence-corrected chi connectivity index (χ0v) is 14.2. The van der Waals surface area contributed by atoms with E-state index < -0.39 is 0 Å². The van der Waals surface area contributed by atoms with Gasteiger partial charge in [0.15, 0.2) is 0 Å². The van der Waals surface area contributed by atoms with E-state index in [2.05, 4.69) is 44.3 Å². The Balaban J connectivity index is 2.15. The standard InChI is InChI=1S/C16H19Cl2NS/c1-10(2)16(12-4-6-13(17)7-5-12)19-11(3)14-8-9-15(18)20-14/h4-11,16,19H,1-3H3. The molecule has 20 heavy (non-hydrogen) atoms. The molecule has 1 aromatic heterocycles. The van der Waals surface area contributed by atoms with E-state index in [-0.39, 0.29) is 6.04 Å². The minimum atomic E-state index is 0.274. The summed E-state index contributed by atoms with van der Waals surface area (Å²) in [6, 6.07) is 12.7. The van der Waals surface area contributed by atoms with Gasteiger partial charge in [0.05, 0.1) is 4.34 Å². The van der Waals surface area contributed by atoms with Gasteiger partial charge in [-0.25, -0.2) is 0 Å². The Morgan fingerprint density at radius 2 is 1.60 bits per heavy atom. The number of nitrogens with one attached hydrogen (secondary N) is 1. The third-order valence-electron chi connectivity index (χ3n) is 3.35. The van der Waals surface area contributed by atoms with E-state index in [0.717, 1.165) is 9.36 Å². The van der Waals surface area contributed by atoms with E-state index in [1.807, 2.05) is 18.2 Å². The van der Waals surface area contributed by atoms with E-state index >= 15 is 0 Å². The van der Waals surface area contributed by atoms with Gasteiger partial charge in [-0.1, -0.05) is 49.2 Å². The van der Waals surface area contributed by atoms with Crippen molar-refractivity contribution in [1.29, 1.82) is 0 Å². The summed E-state index contributed by atoms with van der Waals surface area (Å²) >= 11 is 13.6. The molecule has 2 aromatic rings. The van der Waals surface area contributed by atoms with E-state index in [0.29, 0.717) is 12.0 Å². The maximum absolute atomic E-state index is 6.01. The largest absolute Gasteiger partial charge is 0.302 e. The molecule has 0 aliphatic carbocycles. The minimum Gasteiger partial charge on any atom is -0.302 e. The molecule has 1 N–H and O–H groups in total. The Morgan fingerprint density at radius 1 is 0.950 bits per heavy atom. The molecule has 1 heterocycles. The van der Waals surface area contributed by atoms with Crippen LogP contribution in [0.3, 0.4) is 0 Å². The Morgan fingerprint density at radius 3 is 2.10 bits per heavy atom. The fraction of sp³-hybridized carbons (Fsp3) is 0.375. The van der Waals surface area contributed by atoms with Gasteiger partial charge in [0.25, 0.3) is 0 Å². The molecule has 1 aromatic carbocycles. The predicted octanol–water partition coefficient (Wildman–Crippen LogP) is 6.10. The van der Waals surface area contributed by atoms with E-state index in [1.165, 1.54) is 10.4 Å². The average Bonchev–Trinajstić information content (AvgIpc) is 2.83. The van der Waals surface area contributed by atoms with Crippen LogP contribution in [0.25, 0.3) is 0 Å². The van der Waals surface area contributed by atoms with Gasteiger partial charge >= 0.3 is 0 Å². The summed E-state index contributed by atoms with van der Waals surface area (Å²) in [4.78, 5) is 1.26. The topological polar surface area (TPSA) is 12.0 Å². The van der Waals surface area contributed by atoms with Crippen LogP contribution >= 0.6 is 34.5 Å². The van der Waals surface area contributed by atoms with Gasteiger partial charge < -0.3 is 5.32 Å². The number of hydrogen-bond acceptors (Lipinski definition) is 2. The first-order valence-electron chi connectivity index (χ1n) is 6.74. The summed E-state index contributed by atoms with van der Waals surface area (Å²) in [7, 11) is 0. The summed E-state index contributed by atoms with van der Waals surface area (Å²) in [5, 5.41) is 4.46. The second-order valence-electron chi connectivity index (χ2n) is 5.30. The fourth-order valence-electron chi connectivity index (χ4n) is 2.26. The lowest BCUT2D eigenvalue weighted by Crippen LogP contribution is -2.28. The van der Waals surface area contributed by atoms with Crippen LogP contribution < -0.4 is 5.32 Å². The van der Waals surface area contributed by atoms with Crippen molar-refractivity contribution in [3.05, 3.63) is 56.2 Å². The highest BCUT2D eigenvalue weighted by Gasteiger charge is 2.19. The molecule has 0 radical (unpaired) electrons. The fourth-order valence-corrected chi connectivity index (χ4v) is 3.45. The van der Waals surface area contributed by atoms with Gasteiger partial charge in [0.2, 0.25) is 0 Å². The van der Waals surface area contributed by atoms with Crippen LogP contribution in [-0.4, -0.2) is 0 Å². The van der Waals surface area contributed by atoms with Crippen molar-refractivity contribution in [2.24, 2.45) is 5.92 Å². The lowest BCUT2D eigenvalue weighted by Gasteiger charge is -2.26. The first-order chi connectivity index (χ1) is 9.47. The molecule has 108 valence electrons. The van der Waals surface area contributed by atoms with Crippen molar-refractivity contribution in [3.63, 3.8) is 0 Å². The molecule has 0 aliphatic heterocycles. The summed E-state index contributed by atoms with van der Waals surface area (Å²) in [6.07, 6.45) is 0. The molecule has 2 atom stereocenters. The molecular weight excluding hydrogens is 309 g/mol. The summed E-state index contributed by atoms with van der Waals surface area (Å²) in [5.74, 6) is 0.494. The van der Waals surface area contributed by atoms with Gasteiger partial charge in [0.1, 0.15) is 0 Å². The first kappa shape index (κ1) is 15.8. The number of thiophene rings is 1. The average molecular weight is 328 g/mol. The van der Waals surface area contributed by atoms with Crippen LogP contribution in [-0.2, 0) is 0 Å². The van der Waals surface area contributed by atoms with Gasteiger partial charge in [-0.05, 0) is 42.7 Å². The van der Waals surface area contributed by atoms with Crippen LogP contribution in [0, 0.1) is 5.92 Å². The monoisotopic (exact) mass is 327 g/mol. The van der Waals surface area contributed by atoms with Gasteiger partial charge in [0, 0.05) is 22.0 Å².